The van der Waals surface area contributed by atoms with Gasteiger partial charge in [0, 0.05) is 35.8 Å². The average molecular weight is 378 g/mol. The van der Waals surface area contributed by atoms with Gasteiger partial charge in [-0.05, 0) is 74.7 Å². The molecule has 2 aromatic carbocycles. The Morgan fingerprint density at radius 2 is 1.89 bits per heavy atom. The average Bonchev–Trinajstić information content (AvgIpc) is 3.07. The van der Waals surface area contributed by atoms with E-state index in [4.69, 9.17) is 0 Å². The van der Waals surface area contributed by atoms with Gasteiger partial charge in [0.05, 0.1) is 5.52 Å². The molecule has 2 atom stereocenters. The molecule has 4 heteroatoms. The number of aryl methyl sites for hydroxylation is 1. The maximum absolute atomic E-state index is 13.7. The number of allylic oxidation sites excluding steroid dienone is 1. The lowest BCUT2D eigenvalue weighted by atomic mass is 9.97. The third kappa shape index (κ3) is 2.55. The first kappa shape index (κ1) is 17.6. The molecule has 1 aromatic heterocycles. The quantitative estimate of drug-likeness (QED) is 0.536. The maximum atomic E-state index is 13.7. The van der Waals surface area contributed by atoms with E-state index in [1.807, 2.05) is 6.92 Å². The Kier molecular flexibility index (Phi) is 3.95. The van der Waals surface area contributed by atoms with Gasteiger partial charge in [0.1, 0.15) is 0 Å². The molecule has 1 fully saturated rings. The lowest BCUT2D eigenvalue weighted by Gasteiger charge is -2.32. The summed E-state index contributed by atoms with van der Waals surface area (Å²) < 4.78 is 29.4. The fourth-order valence-corrected chi connectivity index (χ4v) is 5.07. The number of aromatic nitrogens is 1. The largest absolute Gasteiger partial charge is 0.320 e. The second-order valence-corrected chi connectivity index (χ2v) is 8.31. The summed E-state index contributed by atoms with van der Waals surface area (Å²) in [7, 11) is 2.24. The smallest absolute Gasteiger partial charge is 0.159 e. The standard InChI is InChI=1S/C24H24F2N2/c1-14-4-8-21-18(10-14)24-22-9-6-17(27(22)3)12-23(24)28(21)13-15(2)16-5-7-19(25)20(26)11-16/h4-5,7-8,10-11,13,17,22H,6,9,12H2,1-3H3/b15-13+. The minimum atomic E-state index is -0.810. The fourth-order valence-electron chi connectivity index (χ4n) is 5.07. The second-order valence-electron chi connectivity index (χ2n) is 8.31. The Morgan fingerprint density at radius 3 is 2.68 bits per heavy atom. The molecule has 0 radical (unpaired) electrons. The lowest BCUT2D eigenvalue weighted by molar-refractivity contribution is 0.223. The van der Waals surface area contributed by atoms with Crippen molar-refractivity contribution in [3.8, 4) is 0 Å². The van der Waals surface area contributed by atoms with Crippen molar-refractivity contribution in [3.63, 3.8) is 0 Å². The molecule has 0 N–H and O–H groups in total. The van der Waals surface area contributed by atoms with Crippen LogP contribution in [-0.2, 0) is 6.42 Å². The molecular weight excluding hydrogens is 354 g/mol. The van der Waals surface area contributed by atoms with E-state index in [-0.39, 0.29) is 0 Å². The van der Waals surface area contributed by atoms with E-state index in [2.05, 4.69) is 47.8 Å². The molecule has 5 rings (SSSR count). The van der Waals surface area contributed by atoms with Crippen LogP contribution in [0.15, 0.2) is 36.4 Å². The van der Waals surface area contributed by atoms with Gasteiger partial charge in [0.25, 0.3) is 0 Å². The summed E-state index contributed by atoms with van der Waals surface area (Å²) in [4.78, 5) is 2.53. The van der Waals surface area contributed by atoms with Crippen molar-refractivity contribution in [3.05, 3.63) is 70.4 Å². The summed E-state index contributed by atoms with van der Waals surface area (Å²) in [5, 5.41) is 1.32. The van der Waals surface area contributed by atoms with Crippen molar-refractivity contribution in [1.82, 2.24) is 9.47 Å². The molecule has 2 nitrogen and oxygen atoms in total. The molecule has 0 aliphatic carbocycles. The van der Waals surface area contributed by atoms with Crippen molar-refractivity contribution in [2.24, 2.45) is 0 Å². The molecule has 2 aliphatic rings. The predicted molar refractivity (Wildman–Crippen MR) is 110 cm³/mol. The molecule has 3 aromatic rings. The zero-order chi connectivity index (χ0) is 19.6. The number of likely N-dealkylation sites (N-methyl/N-ethyl adjacent to an activating group) is 1. The topological polar surface area (TPSA) is 8.17 Å². The van der Waals surface area contributed by atoms with Gasteiger partial charge in [-0.2, -0.15) is 0 Å². The van der Waals surface area contributed by atoms with Crippen molar-refractivity contribution in [2.45, 2.75) is 45.2 Å². The van der Waals surface area contributed by atoms with Crippen LogP contribution in [0.25, 0.3) is 22.7 Å². The Labute approximate surface area is 164 Å². The van der Waals surface area contributed by atoms with Crippen molar-refractivity contribution >= 4 is 22.7 Å². The lowest BCUT2D eigenvalue weighted by Crippen LogP contribution is -2.34. The normalized spacial score (nSPS) is 22.1. The molecule has 0 amide bonds. The first-order valence-corrected chi connectivity index (χ1v) is 9.93. The Hall–Kier alpha value is -2.46. The zero-order valence-electron chi connectivity index (χ0n) is 16.5. The molecule has 2 aliphatic heterocycles. The molecule has 2 bridgehead atoms. The van der Waals surface area contributed by atoms with Gasteiger partial charge in [-0.25, -0.2) is 8.78 Å². The van der Waals surface area contributed by atoms with Crippen molar-refractivity contribution in [2.75, 3.05) is 7.05 Å². The van der Waals surface area contributed by atoms with Crippen molar-refractivity contribution < 1.29 is 8.78 Å². The maximum Gasteiger partial charge on any atom is 0.159 e. The number of hydrogen-bond donors (Lipinski definition) is 0. The molecule has 0 saturated carbocycles. The van der Waals surface area contributed by atoms with Crippen LogP contribution in [0.3, 0.4) is 0 Å². The van der Waals surface area contributed by atoms with E-state index >= 15 is 0 Å². The Bertz CT molecular complexity index is 1130. The van der Waals surface area contributed by atoms with Gasteiger partial charge in [-0.1, -0.05) is 17.7 Å². The minimum absolute atomic E-state index is 0.469. The molecule has 28 heavy (non-hydrogen) atoms. The fraction of sp³-hybridized carbons (Fsp3) is 0.333. The van der Waals surface area contributed by atoms with E-state index in [9.17, 15) is 8.78 Å². The zero-order valence-corrected chi connectivity index (χ0v) is 16.5. The summed E-state index contributed by atoms with van der Waals surface area (Å²) in [6, 6.07) is 11.8. The van der Waals surface area contributed by atoms with Crippen LogP contribution in [-0.4, -0.2) is 22.6 Å². The third-order valence-corrected chi connectivity index (χ3v) is 6.60. The van der Waals surface area contributed by atoms with Crippen LogP contribution < -0.4 is 0 Å². The highest BCUT2D eigenvalue weighted by molar-refractivity contribution is 5.91. The number of fused-ring (bicyclic) bond motifs is 6. The summed E-state index contributed by atoms with van der Waals surface area (Å²) in [6.45, 7) is 4.10. The van der Waals surface area contributed by atoms with E-state index < -0.39 is 11.6 Å². The summed E-state index contributed by atoms with van der Waals surface area (Å²) in [6.07, 6.45) is 5.55. The number of hydrogen-bond acceptors (Lipinski definition) is 1. The predicted octanol–water partition coefficient (Wildman–Crippen LogP) is 5.94. The van der Waals surface area contributed by atoms with E-state index in [0.29, 0.717) is 17.6 Å². The molecule has 144 valence electrons. The number of nitrogens with zero attached hydrogens (tertiary/aromatic N) is 2. The van der Waals surface area contributed by atoms with Gasteiger partial charge in [0.15, 0.2) is 11.6 Å². The van der Waals surface area contributed by atoms with Crippen LogP contribution in [0, 0.1) is 18.6 Å². The van der Waals surface area contributed by atoms with E-state index in [0.717, 1.165) is 12.0 Å². The highest BCUT2D eigenvalue weighted by Gasteiger charge is 2.40. The molecule has 3 heterocycles. The first-order chi connectivity index (χ1) is 13.4. The number of rotatable bonds is 2. The summed E-state index contributed by atoms with van der Waals surface area (Å²) >= 11 is 0. The Morgan fingerprint density at radius 1 is 1.07 bits per heavy atom. The first-order valence-electron chi connectivity index (χ1n) is 9.93. The van der Waals surface area contributed by atoms with E-state index in [1.54, 1.807) is 6.07 Å². The van der Waals surface area contributed by atoms with Gasteiger partial charge in [0.2, 0.25) is 0 Å². The molecule has 1 saturated heterocycles. The highest BCUT2D eigenvalue weighted by Crippen LogP contribution is 2.47. The van der Waals surface area contributed by atoms with Crippen LogP contribution in [0.5, 0.6) is 0 Å². The van der Waals surface area contributed by atoms with Crippen molar-refractivity contribution in [1.29, 1.82) is 0 Å². The van der Waals surface area contributed by atoms with Gasteiger partial charge in [-0.3, -0.25) is 4.90 Å². The van der Waals surface area contributed by atoms with Crippen LogP contribution in [0.1, 0.15) is 48.2 Å². The highest BCUT2D eigenvalue weighted by atomic mass is 19.2. The Balaban J connectivity index is 1.72. The van der Waals surface area contributed by atoms with Gasteiger partial charge >= 0.3 is 0 Å². The number of halogens is 2. The van der Waals surface area contributed by atoms with Gasteiger partial charge in [-0.15, -0.1) is 0 Å². The molecule has 2 unspecified atom stereocenters. The molecule has 0 spiro atoms. The SMILES string of the molecule is C/C(=C\n1c2c(c3cc(C)ccc31)C1CCC(C2)N1C)c1ccc(F)c(F)c1. The van der Waals surface area contributed by atoms with Crippen LogP contribution in [0.4, 0.5) is 8.78 Å². The van der Waals surface area contributed by atoms with Crippen LogP contribution >= 0.6 is 0 Å². The third-order valence-electron chi connectivity index (χ3n) is 6.60. The van der Waals surface area contributed by atoms with Gasteiger partial charge < -0.3 is 4.57 Å². The van der Waals surface area contributed by atoms with Crippen LogP contribution in [0.2, 0.25) is 0 Å². The van der Waals surface area contributed by atoms with E-state index in [1.165, 1.54) is 52.7 Å². The monoisotopic (exact) mass is 378 g/mol. The summed E-state index contributed by atoms with van der Waals surface area (Å²) in [5.74, 6) is -1.62. The minimum Gasteiger partial charge on any atom is -0.320 e. The summed E-state index contributed by atoms with van der Waals surface area (Å²) in [5.41, 5.74) is 6.90. The second kappa shape index (κ2) is 6.28. The molecular formula is C24H24F2N2. The number of benzene rings is 2.